The fourth-order valence-electron chi connectivity index (χ4n) is 5.32. The molecular weight excluding hydrogens is 634 g/mol. The van der Waals surface area contributed by atoms with Crippen LogP contribution in [-0.2, 0) is 0 Å². The second kappa shape index (κ2) is 25.0. The Bertz CT molecular complexity index is 490. The van der Waals surface area contributed by atoms with E-state index < -0.39 is 36.8 Å². The molecule has 0 aromatic carbocycles. The van der Waals surface area contributed by atoms with Crippen molar-refractivity contribution in [3.8, 4) is 19.7 Å². The van der Waals surface area contributed by atoms with Gasteiger partial charge in [-0.1, -0.05) is 0 Å². The molecule has 0 saturated heterocycles. The number of hydrogen-bond donors (Lipinski definition) is 0. The fraction of sp³-hybridized carbons (Fsp3) is 0.879. The molecule has 0 unspecified atom stereocenters. The second-order valence-electron chi connectivity index (χ2n) is 11.3. The first kappa shape index (κ1) is 35.7. The van der Waals surface area contributed by atoms with Crippen LogP contribution in [0, 0.1) is 19.7 Å². The Morgan fingerprint density at radius 2 is 0.600 bits per heavy atom. The van der Waals surface area contributed by atoms with E-state index >= 15 is 0 Å². The van der Waals surface area contributed by atoms with Gasteiger partial charge in [-0.25, -0.2) is 0 Å². The fourth-order valence-corrected chi connectivity index (χ4v) is 32.2. The van der Waals surface area contributed by atoms with Crippen LogP contribution in [0.4, 0.5) is 0 Å². The minimum atomic E-state index is -2.23. The molecule has 0 radical (unpaired) electrons. The summed E-state index contributed by atoms with van der Waals surface area (Å²) in [5.74, 6) is 7.51. The quantitative estimate of drug-likeness (QED) is 0.0600. The summed E-state index contributed by atoms with van der Waals surface area (Å²) in [6, 6.07) is 0. The Balaban J connectivity index is 4.80. The number of unbranched alkanes of at least 4 members (excludes halogenated alkanes) is 10. The van der Waals surface area contributed by atoms with E-state index in [2.05, 4.69) is 61.3 Å². The van der Waals surface area contributed by atoms with Crippen LogP contribution in [0.2, 0.25) is 26.6 Å². The number of hydrogen-bond acceptors (Lipinski definition) is 0. The van der Waals surface area contributed by atoms with Gasteiger partial charge in [-0.3, -0.25) is 0 Å². The zero-order valence-corrected chi connectivity index (χ0v) is 31.0. The van der Waals surface area contributed by atoms with Gasteiger partial charge in [-0.2, -0.15) is 0 Å². The average molecular weight is 698 g/mol. The summed E-state index contributed by atoms with van der Waals surface area (Å²) in [4.78, 5) is 0. The molecule has 35 heavy (non-hydrogen) atoms. The van der Waals surface area contributed by atoms with Gasteiger partial charge in [0, 0.05) is 0 Å². The summed E-state index contributed by atoms with van der Waals surface area (Å²) < 4.78 is 17.3. The Morgan fingerprint density at radius 1 is 0.343 bits per heavy atom. The molecule has 0 atom stereocenters. The molecule has 0 saturated carbocycles. The monoisotopic (exact) mass is 700 g/mol. The molecule has 0 heterocycles. The average Bonchev–Trinajstić information content (AvgIpc) is 2.88. The molecule has 0 amide bonds. The number of rotatable bonds is 22. The van der Waals surface area contributed by atoms with E-state index in [1.54, 1.807) is 0 Å². The van der Waals surface area contributed by atoms with Crippen LogP contribution in [0.15, 0.2) is 0 Å². The molecule has 2 heteroatoms. The first-order valence-corrected chi connectivity index (χ1v) is 31.0. The topological polar surface area (TPSA) is 0 Å². The molecule has 0 N–H and O–H groups in total. The van der Waals surface area contributed by atoms with Crippen molar-refractivity contribution in [3.05, 3.63) is 0 Å². The van der Waals surface area contributed by atoms with Gasteiger partial charge in [-0.05, 0) is 0 Å². The summed E-state index contributed by atoms with van der Waals surface area (Å²) in [5.41, 5.74) is 0. The molecule has 0 aromatic heterocycles. The Labute approximate surface area is 232 Å². The van der Waals surface area contributed by atoms with Crippen molar-refractivity contribution in [2.24, 2.45) is 0 Å². The van der Waals surface area contributed by atoms with Crippen molar-refractivity contribution in [1.29, 1.82) is 0 Å². The molecule has 0 spiro atoms. The van der Waals surface area contributed by atoms with Gasteiger partial charge in [0.1, 0.15) is 0 Å². The minimum absolute atomic E-state index is 1.14. The van der Waals surface area contributed by atoms with E-state index in [-0.39, 0.29) is 0 Å². The van der Waals surface area contributed by atoms with Crippen LogP contribution in [0.3, 0.4) is 0 Å². The third-order valence-corrected chi connectivity index (χ3v) is 34.3. The van der Waals surface area contributed by atoms with Crippen LogP contribution < -0.4 is 0 Å². The Hall–Kier alpha value is 0.717. The SMILES string of the molecule is CCC[CH2][Sn]([C]#CCCCCCC#[C][Sn]([CH2]CCC)([CH2]CCC)[CH2]CCC)([CH2]CCC)[CH2]CCC. The standard InChI is InChI=1S/C9H10.6C4H9.2Sn/c1-3-5-7-9-8-6-4-2;6*1-3-4-2;;/h5-9H2;6*1,3-4H2,2H3;;. The molecule has 0 rings (SSSR count). The normalized spacial score (nSPS) is 11.6. The van der Waals surface area contributed by atoms with Gasteiger partial charge in [-0.15, -0.1) is 0 Å². The predicted molar refractivity (Wildman–Crippen MR) is 168 cm³/mol. The van der Waals surface area contributed by atoms with E-state index in [4.69, 9.17) is 0 Å². The molecule has 0 aliphatic carbocycles. The zero-order valence-electron chi connectivity index (χ0n) is 25.3. The summed E-state index contributed by atoms with van der Waals surface area (Å²) in [7, 11) is 0. The molecule has 0 bridgehead atoms. The van der Waals surface area contributed by atoms with Crippen molar-refractivity contribution in [2.75, 3.05) is 0 Å². The predicted octanol–water partition coefficient (Wildman–Crippen LogP) is 11.7. The van der Waals surface area contributed by atoms with Crippen molar-refractivity contribution in [3.63, 3.8) is 0 Å². The van der Waals surface area contributed by atoms with Gasteiger partial charge in [0.15, 0.2) is 0 Å². The zero-order chi connectivity index (χ0) is 26.1. The molecule has 0 aliphatic rings. The van der Waals surface area contributed by atoms with Crippen LogP contribution >= 0.6 is 0 Å². The maximum atomic E-state index is 4.06. The van der Waals surface area contributed by atoms with Gasteiger partial charge < -0.3 is 0 Å². The third-order valence-electron chi connectivity index (χ3n) is 7.86. The molecule has 0 aliphatic heterocycles. The summed E-state index contributed by atoms with van der Waals surface area (Å²) in [6.07, 6.45) is 22.9. The van der Waals surface area contributed by atoms with E-state index in [0.717, 1.165) is 12.8 Å². The van der Waals surface area contributed by atoms with Crippen molar-refractivity contribution in [1.82, 2.24) is 0 Å². The van der Waals surface area contributed by atoms with Crippen LogP contribution in [0.25, 0.3) is 0 Å². The maximum absolute atomic E-state index is 4.06. The van der Waals surface area contributed by atoms with E-state index in [0.29, 0.717) is 0 Å². The molecule has 204 valence electrons. The first-order valence-electron chi connectivity index (χ1n) is 16.1. The second-order valence-corrected chi connectivity index (χ2v) is 36.0. The van der Waals surface area contributed by atoms with Crippen LogP contribution in [0.1, 0.15) is 151 Å². The van der Waals surface area contributed by atoms with Gasteiger partial charge in [0.25, 0.3) is 0 Å². The summed E-state index contributed by atoms with van der Waals surface area (Å²) in [6.45, 7) is 14.2. The Morgan fingerprint density at radius 3 is 0.829 bits per heavy atom. The van der Waals surface area contributed by atoms with Crippen molar-refractivity contribution >= 4 is 36.8 Å². The van der Waals surface area contributed by atoms with Crippen molar-refractivity contribution < 1.29 is 0 Å². The first-order chi connectivity index (χ1) is 17.1. The van der Waals surface area contributed by atoms with E-state index in [1.807, 2.05) is 0 Å². The summed E-state index contributed by atoms with van der Waals surface area (Å²) in [5, 5.41) is 0. The molecule has 0 fully saturated rings. The molecule has 0 aromatic rings. The Kier molecular flexibility index (Phi) is 25.5. The van der Waals surface area contributed by atoms with Gasteiger partial charge >= 0.3 is 234 Å². The van der Waals surface area contributed by atoms with Gasteiger partial charge in [0.2, 0.25) is 0 Å². The van der Waals surface area contributed by atoms with Crippen LogP contribution in [0.5, 0.6) is 0 Å². The third kappa shape index (κ3) is 18.6. The molecular formula is C33H64Sn2. The van der Waals surface area contributed by atoms with E-state index in [1.165, 1.54) is 123 Å². The van der Waals surface area contributed by atoms with Gasteiger partial charge in [0.05, 0.1) is 0 Å². The van der Waals surface area contributed by atoms with Crippen molar-refractivity contribution in [2.45, 2.75) is 177 Å². The summed E-state index contributed by atoms with van der Waals surface area (Å²) >= 11 is -4.46. The van der Waals surface area contributed by atoms with E-state index in [9.17, 15) is 0 Å². The van der Waals surface area contributed by atoms with Crippen LogP contribution in [-0.4, -0.2) is 36.8 Å². The molecule has 0 nitrogen and oxygen atoms in total.